The number of rotatable bonds is 6. The van der Waals surface area contributed by atoms with Crippen LogP contribution in [-0.4, -0.2) is 47.7 Å². The van der Waals surface area contributed by atoms with Crippen LogP contribution in [0, 0.1) is 56.7 Å². The van der Waals surface area contributed by atoms with Gasteiger partial charge in [0.1, 0.15) is 12.7 Å². The van der Waals surface area contributed by atoms with Crippen molar-refractivity contribution in [1.82, 2.24) is 0 Å². The van der Waals surface area contributed by atoms with Crippen molar-refractivity contribution in [2.45, 2.75) is 119 Å². The Kier molecular flexibility index (Phi) is 8.43. The molecule has 6 rings (SSSR count). The SMILES string of the molecule is CC(=O)O[C@@H]1C[C@]23C4=CC(=O)[C@@]5(C)[C@H](C(=O)OCc6ccccc6)[C@@](C)([C@H](C)C(C)C)CC[C@]5(C)[C@H]4CC[C@H]2[C@@](C)(CO[C@H]3C)[C@H]1O. The van der Waals surface area contributed by atoms with Gasteiger partial charge in [-0.2, -0.15) is 0 Å². The first kappa shape index (κ1) is 34.4. The number of ether oxygens (including phenoxy) is 3. The molecule has 1 aromatic carbocycles. The third-order valence-corrected chi connectivity index (χ3v) is 15.0. The maximum Gasteiger partial charge on any atom is 0.310 e. The fourth-order valence-corrected chi connectivity index (χ4v) is 11.8. The molecule has 47 heavy (non-hydrogen) atoms. The van der Waals surface area contributed by atoms with Crippen LogP contribution >= 0.6 is 0 Å². The predicted molar refractivity (Wildman–Crippen MR) is 179 cm³/mol. The lowest BCUT2D eigenvalue weighted by atomic mass is 9.33. The number of fused-ring (bicyclic) bond motifs is 3. The third-order valence-electron chi connectivity index (χ3n) is 15.0. The van der Waals surface area contributed by atoms with E-state index in [2.05, 4.69) is 55.4 Å². The van der Waals surface area contributed by atoms with Gasteiger partial charge in [-0.1, -0.05) is 84.4 Å². The number of aliphatic hydroxyl groups is 1. The van der Waals surface area contributed by atoms with E-state index in [-0.39, 0.29) is 42.2 Å². The van der Waals surface area contributed by atoms with Crippen molar-refractivity contribution in [3.8, 4) is 0 Å². The highest BCUT2D eigenvalue weighted by Crippen LogP contribution is 2.75. The number of ketones is 1. The second-order valence-corrected chi connectivity index (χ2v) is 17.1. The van der Waals surface area contributed by atoms with E-state index >= 15 is 4.79 Å². The summed E-state index contributed by atoms with van der Waals surface area (Å²) >= 11 is 0. The van der Waals surface area contributed by atoms with Gasteiger partial charge >= 0.3 is 11.9 Å². The van der Waals surface area contributed by atoms with Crippen molar-refractivity contribution in [1.29, 1.82) is 0 Å². The van der Waals surface area contributed by atoms with E-state index in [0.717, 1.165) is 36.8 Å². The quantitative estimate of drug-likeness (QED) is 0.329. The zero-order valence-corrected chi connectivity index (χ0v) is 29.9. The Hall–Kier alpha value is -2.51. The topological polar surface area (TPSA) is 99.1 Å². The van der Waals surface area contributed by atoms with Crippen LogP contribution in [0.4, 0.5) is 0 Å². The molecule has 4 fully saturated rings. The maximum atomic E-state index is 15.2. The Morgan fingerprint density at radius 1 is 1.04 bits per heavy atom. The average Bonchev–Trinajstić information content (AvgIpc) is 3.02. The first-order valence-electron chi connectivity index (χ1n) is 17.9. The van der Waals surface area contributed by atoms with Crippen LogP contribution in [0.15, 0.2) is 42.0 Å². The summed E-state index contributed by atoms with van der Waals surface area (Å²) in [5.74, 6) is -0.725. The average molecular weight is 649 g/mol. The van der Waals surface area contributed by atoms with E-state index in [0.29, 0.717) is 18.9 Å². The van der Waals surface area contributed by atoms with E-state index in [1.165, 1.54) is 6.92 Å². The Morgan fingerprint density at radius 2 is 1.72 bits per heavy atom. The Bertz CT molecular complexity index is 1450. The molecule has 0 amide bonds. The number of benzene rings is 1. The molecule has 0 radical (unpaired) electrons. The summed E-state index contributed by atoms with van der Waals surface area (Å²) in [5, 5.41) is 11.6. The molecule has 7 heteroatoms. The molecule has 0 spiro atoms. The molecule has 258 valence electrons. The normalized spacial score (nSPS) is 44.7. The minimum Gasteiger partial charge on any atom is -0.461 e. The molecule has 0 aromatic heterocycles. The van der Waals surface area contributed by atoms with Crippen molar-refractivity contribution in [3.05, 3.63) is 47.5 Å². The molecule has 1 aromatic rings. The summed E-state index contributed by atoms with van der Waals surface area (Å²) in [7, 11) is 0. The molecular weight excluding hydrogens is 592 g/mol. The number of hydrogen-bond donors (Lipinski definition) is 1. The molecule has 5 aliphatic rings. The van der Waals surface area contributed by atoms with Gasteiger partial charge in [0.05, 0.1) is 24.7 Å². The van der Waals surface area contributed by atoms with Gasteiger partial charge in [-0.05, 0) is 85.2 Å². The third kappa shape index (κ3) is 4.68. The van der Waals surface area contributed by atoms with Crippen LogP contribution in [0.25, 0.3) is 0 Å². The predicted octanol–water partition coefficient (Wildman–Crippen LogP) is 7.09. The number of allylic oxidation sites excluding steroid dienone is 1. The van der Waals surface area contributed by atoms with Crippen LogP contribution in [0.2, 0.25) is 0 Å². The van der Waals surface area contributed by atoms with Crippen molar-refractivity contribution in [2.75, 3.05) is 6.61 Å². The fraction of sp³-hybridized carbons (Fsp3) is 0.725. The van der Waals surface area contributed by atoms with Gasteiger partial charge in [0, 0.05) is 23.2 Å². The number of hydrogen-bond acceptors (Lipinski definition) is 7. The molecule has 2 bridgehead atoms. The lowest BCUT2D eigenvalue weighted by molar-refractivity contribution is -0.276. The largest absolute Gasteiger partial charge is 0.461 e. The van der Waals surface area contributed by atoms with E-state index in [1.807, 2.05) is 36.4 Å². The standard InChI is InChI=1S/C40H56O7/c1-23(2)24(3)36(6)17-18-38(8)28-15-16-31-37(7)22-46-25(4)40(31,20-30(34(37)43)47-26(5)41)29(28)19-32(42)39(38,9)33(36)35(44)45-21-27-13-11-10-12-14-27/h10-14,19,23-25,28,30-31,33-34,43H,15-18,20-22H2,1-9H3/t24-,25+,28+,30-,31+,33-,34+,36-,37-,38-,39+,40+/m1/s1. The fourth-order valence-electron chi connectivity index (χ4n) is 11.8. The minimum absolute atomic E-state index is 0.0144. The lowest BCUT2D eigenvalue weighted by Crippen LogP contribution is -2.72. The van der Waals surface area contributed by atoms with Crippen LogP contribution in [-0.2, 0) is 35.2 Å². The van der Waals surface area contributed by atoms with Crippen molar-refractivity contribution in [2.24, 2.45) is 56.7 Å². The summed E-state index contributed by atoms with van der Waals surface area (Å²) in [6.45, 7) is 19.3. The summed E-state index contributed by atoms with van der Waals surface area (Å²) in [4.78, 5) is 42.0. The van der Waals surface area contributed by atoms with Crippen molar-refractivity contribution in [3.63, 3.8) is 0 Å². The molecule has 1 aliphatic heterocycles. The van der Waals surface area contributed by atoms with E-state index in [1.54, 1.807) is 0 Å². The van der Waals surface area contributed by atoms with Crippen LogP contribution in [0.5, 0.6) is 0 Å². The van der Waals surface area contributed by atoms with Gasteiger partial charge in [0.25, 0.3) is 0 Å². The highest BCUT2D eigenvalue weighted by atomic mass is 16.6. The monoisotopic (exact) mass is 648 g/mol. The first-order valence-corrected chi connectivity index (χ1v) is 17.9. The summed E-state index contributed by atoms with van der Waals surface area (Å²) < 4.78 is 18.5. The van der Waals surface area contributed by atoms with Gasteiger partial charge in [-0.25, -0.2) is 0 Å². The number of carbonyl (C=O) groups excluding carboxylic acids is 3. The smallest absolute Gasteiger partial charge is 0.310 e. The Balaban J connectivity index is 1.48. The van der Waals surface area contributed by atoms with Gasteiger partial charge in [-0.3, -0.25) is 14.4 Å². The van der Waals surface area contributed by atoms with Gasteiger partial charge in [0.15, 0.2) is 5.78 Å². The van der Waals surface area contributed by atoms with Crippen molar-refractivity contribution < 1.29 is 33.7 Å². The summed E-state index contributed by atoms with van der Waals surface area (Å²) in [6.07, 6.45) is 3.92. The second-order valence-electron chi connectivity index (χ2n) is 17.1. The van der Waals surface area contributed by atoms with Crippen LogP contribution < -0.4 is 0 Å². The molecule has 4 aliphatic carbocycles. The van der Waals surface area contributed by atoms with Crippen LogP contribution in [0.1, 0.15) is 100.0 Å². The summed E-state index contributed by atoms with van der Waals surface area (Å²) in [6, 6.07) is 9.75. The highest BCUT2D eigenvalue weighted by Gasteiger charge is 2.75. The zero-order chi connectivity index (χ0) is 34.3. The van der Waals surface area contributed by atoms with Gasteiger partial charge in [0.2, 0.25) is 0 Å². The van der Waals surface area contributed by atoms with Crippen molar-refractivity contribution >= 4 is 17.7 Å². The zero-order valence-electron chi connectivity index (χ0n) is 29.9. The number of esters is 2. The number of aliphatic hydroxyl groups excluding tert-OH is 1. The first-order chi connectivity index (χ1) is 22.0. The maximum absolute atomic E-state index is 15.2. The van der Waals surface area contributed by atoms with E-state index in [4.69, 9.17) is 14.2 Å². The molecule has 12 atom stereocenters. The molecule has 1 saturated heterocycles. The highest BCUT2D eigenvalue weighted by molar-refractivity contribution is 6.01. The molecule has 3 saturated carbocycles. The molecule has 1 N–H and O–H groups in total. The Labute approximate surface area is 281 Å². The lowest BCUT2D eigenvalue weighted by Gasteiger charge is -2.71. The van der Waals surface area contributed by atoms with E-state index < -0.39 is 51.2 Å². The summed E-state index contributed by atoms with van der Waals surface area (Å²) in [5.41, 5.74) is -1.12. The molecular formula is C40H56O7. The van der Waals surface area contributed by atoms with E-state index in [9.17, 15) is 14.7 Å². The Morgan fingerprint density at radius 3 is 2.36 bits per heavy atom. The second kappa shape index (κ2) is 11.5. The van der Waals surface area contributed by atoms with Gasteiger partial charge in [-0.15, -0.1) is 0 Å². The van der Waals surface area contributed by atoms with Crippen LogP contribution in [0.3, 0.4) is 0 Å². The van der Waals surface area contributed by atoms with Gasteiger partial charge < -0.3 is 19.3 Å². The molecule has 1 heterocycles. The minimum atomic E-state index is -0.986. The molecule has 0 unspecified atom stereocenters. The number of carbonyl (C=O) groups is 3. The molecule has 7 nitrogen and oxygen atoms in total.